The van der Waals surface area contributed by atoms with Gasteiger partial charge in [-0.25, -0.2) is 0 Å². The van der Waals surface area contributed by atoms with Gasteiger partial charge in [0.05, 0.1) is 0 Å². The number of benzene rings is 2. The zero-order chi connectivity index (χ0) is 24.2. The molecule has 0 saturated carbocycles. The number of carbonyl (C=O) groups is 3. The molecule has 9 heteroatoms. The van der Waals surface area contributed by atoms with Gasteiger partial charge >= 0.3 is 0 Å². The molecule has 0 spiro atoms. The highest BCUT2D eigenvalue weighted by atomic mass is 32.1. The molecule has 176 valence electrons. The number of hydrogen-bond donors (Lipinski definition) is 2. The smallest absolute Gasteiger partial charge is 0.257 e. The van der Waals surface area contributed by atoms with E-state index in [4.69, 9.17) is 0 Å². The van der Waals surface area contributed by atoms with Gasteiger partial charge in [-0.1, -0.05) is 50.3 Å². The third-order valence-electron chi connectivity index (χ3n) is 5.74. The van der Waals surface area contributed by atoms with Crippen molar-refractivity contribution in [2.24, 2.45) is 5.92 Å². The molecule has 0 bridgehead atoms. The van der Waals surface area contributed by atoms with Crippen molar-refractivity contribution < 1.29 is 14.4 Å². The first-order chi connectivity index (χ1) is 16.4. The van der Waals surface area contributed by atoms with Crippen molar-refractivity contribution in [2.45, 2.75) is 39.5 Å². The van der Waals surface area contributed by atoms with Crippen molar-refractivity contribution in [1.29, 1.82) is 0 Å². The van der Waals surface area contributed by atoms with E-state index in [0.717, 1.165) is 22.7 Å². The number of para-hydroxylation sites is 1. The molecule has 34 heavy (non-hydrogen) atoms. The van der Waals surface area contributed by atoms with Crippen LogP contribution in [0.15, 0.2) is 48.5 Å². The molecule has 4 rings (SSSR count). The van der Waals surface area contributed by atoms with Crippen LogP contribution in [0, 0.1) is 5.92 Å². The standard InChI is InChI=1S/C25H27N5O3S/c1-4-16-7-5-6-8-20(16)30-14-18(13-21(30)31)24-28-29-25(34-24)27-23(33)17-9-11-19(12-10-17)26-22(32)15(2)3/h5-12,15,18H,4,13-14H2,1-3H3,(H,26,32)(H,27,29,33)/t18-/m0/s1. The van der Waals surface area contributed by atoms with E-state index in [0.29, 0.717) is 29.3 Å². The van der Waals surface area contributed by atoms with Crippen LogP contribution in [0.1, 0.15) is 54.0 Å². The lowest BCUT2D eigenvalue weighted by Crippen LogP contribution is -2.25. The van der Waals surface area contributed by atoms with Crippen LogP contribution in [0.5, 0.6) is 0 Å². The Kier molecular flexibility index (Phi) is 7.02. The first-order valence-electron chi connectivity index (χ1n) is 11.3. The topological polar surface area (TPSA) is 104 Å². The summed E-state index contributed by atoms with van der Waals surface area (Å²) in [7, 11) is 0. The van der Waals surface area contributed by atoms with Gasteiger partial charge < -0.3 is 10.2 Å². The van der Waals surface area contributed by atoms with Crippen LogP contribution in [-0.2, 0) is 16.0 Å². The quantitative estimate of drug-likeness (QED) is 0.523. The summed E-state index contributed by atoms with van der Waals surface area (Å²) in [6.07, 6.45) is 1.22. The molecule has 0 unspecified atom stereocenters. The summed E-state index contributed by atoms with van der Waals surface area (Å²) in [5, 5.41) is 15.0. The predicted molar refractivity (Wildman–Crippen MR) is 133 cm³/mol. The fraction of sp³-hybridized carbons (Fsp3) is 0.320. The minimum Gasteiger partial charge on any atom is -0.326 e. The fourth-order valence-corrected chi connectivity index (χ4v) is 4.62. The number of anilines is 3. The van der Waals surface area contributed by atoms with Gasteiger partial charge in [-0.15, -0.1) is 10.2 Å². The molecule has 2 N–H and O–H groups in total. The first kappa shape index (κ1) is 23.6. The first-order valence-corrected chi connectivity index (χ1v) is 12.1. The third kappa shape index (κ3) is 5.14. The van der Waals surface area contributed by atoms with Crippen molar-refractivity contribution >= 4 is 45.6 Å². The molecule has 1 atom stereocenters. The van der Waals surface area contributed by atoms with E-state index in [2.05, 4.69) is 27.8 Å². The van der Waals surface area contributed by atoms with Crippen LogP contribution >= 0.6 is 11.3 Å². The van der Waals surface area contributed by atoms with Gasteiger partial charge in [0.2, 0.25) is 16.9 Å². The van der Waals surface area contributed by atoms with Crippen LogP contribution in [0.4, 0.5) is 16.5 Å². The minimum absolute atomic E-state index is 0.0654. The minimum atomic E-state index is -0.314. The molecule has 0 radical (unpaired) electrons. The molecule has 2 aromatic carbocycles. The summed E-state index contributed by atoms with van der Waals surface area (Å²) >= 11 is 1.29. The normalized spacial score (nSPS) is 15.6. The van der Waals surface area contributed by atoms with Gasteiger partial charge in [0.15, 0.2) is 0 Å². The lowest BCUT2D eigenvalue weighted by molar-refractivity contribution is -0.119. The number of rotatable bonds is 7. The average molecular weight is 478 g/mol. The summed E-state index contributed by atoms with van der Waals surface area (Å²) in [4.78, 5) is 39.0. The van der Waals surface area contributed by atoms with E-state index in [9.17, 15) is 14.4 Å². The average Bonchev–Trinajstić information content (AvgIpc) is 3.45. The van der Waals surface area contributed by atoms with Gasteiger partial charge in [0.1, 0.15) is 5.01 Å². The Labute approximate surface area is 202 Å². The summed E-state index contributed by atoms with van der Waals surface area (Å²) < 4.78 is 0. The monoisotopic (exact) mass is 477 g/mol. The Morgan fingerprint density at radius 2 is 1.82 bits per heavy atom. The van der Waals surface area contributed by atoms with E-state index in [1.54, 1.807) is 24.3 Å². The van der Waals surface area contributed by atoms with E-state index >= 15 is 0 Å². The number of hydrogen-bond acceptors (Lipinski definition) is 6. The van der Waals surface area contributed by atoms with E-state index in [1.165, 1.54) is 11.3 Å². The lowest BCUT2D eigenvalue weighted by Gasteiger charge is -2.19. The van der Waals surface area contributed by atoms with Gasteiger partial charge in [-0.3, -0.25) is 19.7 Å². The Hall–Kier alpha value is -3.59. The predicted octanol–water partition coefficient (Wildman–Crippen LogP) is 4.47. The van der Waals surface area contributed by atoms with Gasteiger partial charge in [0, 0.05) is 41.7 Å². The SMILES string of the molecule is CCc1ccccc1N1C[C@@H](c2nnc(NC(=O)c3ccc(NC(=O)C(C)C)cc3)s2)CC1=O. The van der Waals surface area contributed by atoms with Crippen molar-refractivity contribution in [1.82, 2.24) is 10.2 Å². The molecule has 1 aliphatic heterocycles. The second kappa shape index (κ2) is 10.1. The highest BCUT2D eigenvalue weighted by Crippen LogP contribution is 2.35. The number of carbonyl (C=O) groups excluding carboxylic acids is 3. The van der Waals surface area contributed by atoms with Crippen molar-refractivity contribution in [3.63, 3.8) is 0 Å². The molecule has 1 fully saturated rings. The molecule has 0 aliphatic carbocycles. The number of aromatic nitrogens is 2. The molecular weight excluding hydrogens is 450 g/mol. The fourth-order valence-electron chi connectivity index (χ4n) is 3.79. The van der Waals surface area contributed by atoms with E-state index < -0.39 is 0 Å². The van der Waals surface area contributed by atoms with Crippen molar-refractivity contribution in [3.8, 4) is 0 Å². The van der Waals surface area contributed by atoms with E-state index in [-0.39, 0.29) is 29.6 Å². The maximum Gasteiger partial charge on any atom is 0.257 e. The molecule has 1 aliphatic rings. The molecule has 3 aromatic rings. The van der Waals surface area contributed by atoms with Crippen LogP contribution in [0.2, 0.25) is 0 Å². The Bertz CT molecular complexity index is 1210. The van der Waals surface area contributed by atoms with Crippen molar-refractivity contribution in [3.05, 3.63) is 64.7 Å². The zero-order valence-corrected chi connectivity index (χ0v) is 20.2. The Morgan fingerprint density at radius 1 is 1.09 bits per heavy atom. The number of aryl methyl sites for hydroxylation is 1. The highest BCUT2D eigenvalue weighted by Gasteiger charge is 2.34. The highest BCUT2D eigenvalue weighted by molar-refractivity contribution is 7.15. The van der Waals surface area contributed by atoms with Crippen LogP contribution in [0.3, 0.4) is 0 Å². The molecule has 8 nitrogen and oxygen atoms in total. The maximum absolute atomic E-state index is 12.7. The largest absolute Gasteiger partial charge is 0.326 e. The molecule has 1 saturated heterocycles. The lowest BCUT2D eigenvalue weighted by atomic mass is 10.1. The number of nitrogens with zero attached hydrogens (tertiary/aromatic N) is 3. The van der Waals surface area contributed by atoms with Gasteiger partial charge in [-0.2, -0.15) is 0 Å². The molecule has 3 amide bonds. The summed E-state index contributed by atoms with van der Waals surface area (Å²) in [5.74, 6) is -0.523. The van der Waals surface area contributed by atoms with Gasteiger partial charge in [0.25, 0.3) is 5.91 Å². The number of nitrogens with one attached hydrogen (secondary N) is 2. The van der Waals surface area contributed by atoms with E-state index in [1.807, 2.05) is 43.0 Å². The summed E-state index contributed by atoms with van der Waals surface area (Å²) in [6.45, 7) is 6.25. The molecule has 1 aromatic heterocycles. The number of amides is 3. The molecule has 2 heterocycles. The second-order valence-electron chi connectivity index (χ2n) is 8.51. The van der Waals surface area contributed by atoms with Crippen LogP contribution < -0.4 is 15.5 Å². The summed E-state index contributed by atoms with van der Waals surface area (Å²) in [5.41, 5.74) is 3.16. The Balaban J connectivity index is 1.39. The van der Waals surface area contributed by atoms with Crippen LogP contribution in [0.25, 0.3) is 0 Å². The van der Waals surface area contributed by atoms with Crippen molar-refractivity contribution in [2.75, 3.05) is 22.1 Å². The third-order valence-corrected chi connectivity index (χ3v) is 6.74. The summed E-state index contributed by atoms with van der Waals surface area (Å²) in [6, 6.07) is 14.6. The maximum atomic E-state index is 12.7. The van der Waals surface area contributed by atoms with Gasteiger partial charge in [-0.05, 0) is 42.3 Å². The Morgan fingerprint density at radius 3 is 2.53 bits per heavy atom. The van der Waals surface area contributed by atoms with Crippen LogP contribution in [-0.4, -0.2) is 34.5 Å². The molecular formula is C25H27N5O3S. The zero-order valence-electron chi connectivity index (χ0n) is 19.4. The second-order valence-corrected chi connectivity index (χ2v) is 9.52.